The number of hydrogen-bond donors (Lipinski definition) is 0. The Kier molecular flexibility index (Phi) is 5.61. The minimum absolute atomic E-state index is 0.232. The fourth-order valence-corrected chi connectivity index (χ4v) is 1.35. The van der Waals surface area contributed by atoms with E-state index in [1.807, 2.05) is 32.1 Å². The van der Waals surface area contributed by atoms with Crippen molar-refractivity contribution in [2.24, 2.45) is 0 Å². The van der Waals surface area contributed by atoms with Crippen molar-refractivity contribution in [3.05, 3.63) is 66.0 Å². The molecule has 0 spiro atoms. The molecular weight excluding hydrogens is 240 g/mol. The Morgan fingerprint density at radius 2 is 1.89 bits per heavy atom. The van der Waals surface area contributed by atoms with Crippen LogP contribution in [0.4, 0.5) is 0 Å². The number of aryl methyl sites for hydroxylation is 1. The maximum absolute atomic E-state index is 11.8. The number of esters is 1. The smallest absolute Gasteiger partial charge is 0.343 e. The summed E-state index contributed by atoms with van der Waals surface area (Å²) in [5, 5.41) is 0. The van der Waals surface area contributed by atoms with Gasteiger partial charge in [0.05, 0.1) is 12.7 Å². The second-order valence-electron chi connectivity index (χ2n) is 3.98. The molecule has 1 aromatic rings. The molecule has 0 saturated heterocycles. The highest BCUT2D eigenvalue weighted by Gasteiger charge is 2.08. The minimum atomic E-state index is -0.497. The first kappa shape index (κ1) is 14.8. The molecule has 0 aliphatic carbocycles. The normalized spacial score (nSPS) is 11.4. The van der Waals surface area contributed by atoms with Crippen molar-refractivity contribution in [1.29, 1.82) is 0 Å². The molecule has 3 nitrogen and oxygen atoms in total. The van der Waals surface area contributed by atoms with Gasteiger partial charge in [-0.15, -0.1) is 0 Å². The predicted molar refractivity (Wildman–Crippen MR) is 75.9 cm³/mol. The zero-order valence-corrected chi connectivity index (χ0v) is 11.5. The minimum Gasteiger partial charge on any atom is -0.497 e. The first-order valence-electron chi connectivity index (χ1n) is 5.93. The van der Waals surface area contributed by atoms with Crippen molar-refractivity contribution in [2.75, 3.05) is 7.11 Å². The summed E-state index contributed by atoms with van der Waals surface area (Å²) in [4.78, 5) is 11.8. The van der Waals surface area contributed by atoms with Gasteiger partial charge in [-0.25, -0.2) is 4.79 Å². The fraction of sp³-hybridized carbons (Fsp3) is 0.188. The predicted octanol–water partition coefficient (Wildman–Crippen LogP) is 3.56. The van der Waals surface area contributed by atoms with Crippen LogP contribution in [0.25, 0.3) is 0 Å². The molecule has 0 N–H and O–H groups in total. The van der Waals surface area contributed by atoms with E-state index >= 15 is 0 Å². The maximum Gasteiger partial charge on any atom is 0.343 e. The van der Waals surface area contributed by atoms with Gasteiger partial charge in [-0.3, -0.25) is 0 Å². The number of rotatable bonds is 5. The van der Waals surface area contributed by atoms with Crippen LogP contribution < -0.4 is 4.74 Å². The Morgan fingerprint density at radius 3 is 2.42 bits per heavy atom. The van der Waals surface area contributed by atoms with Crippen molar-refractivity contribution in [3.63, 3.8) is 0 Å². The van der Waals surface area contributed by atoms with Crippen molar-refractivity contribution in [2.45, 2.75) is 13.8 Å². The van der Waals surface area contributed by atoms with E-state index in [1.54, 1.807) is 18.2 Å². The SMILES string of the molecule is C=C(/C=C(\C=C/C)OC)C(=O)Oc1ccc(C)cc1. The topological polar surface area (TPSA) is 35.5 Å². The molecule has 19 heavy (non-hydrogen) atoms. The van der Waals surface area contributed by atoms with Gasteiger partial charge in [-0.1, -0.05) is 30.4 Å². The van der Waals surface area contributed by atoms with Gasteiger partial charge >= 0.3 is 5.97 Å². The Bertz CT molecular complexity index is 507. The van der Waals surface area contributed by atoms with Crippen LogP contribution in [0.1, 0.15) is 12.5 Å². The number of carbonyl (C=O) groups is 1. The van der Waals surface area contributed by atoms with E-state index < -0.39 is 5.97 Å². The van der Waals surface area contributed by atoms with E-state index in [4.69, 9.17) is 9.47 Å². The molecule has 0 radical (unpaired) electrons. The molecule has 0 aliphatic rings. The number of methoxy groups -OCH3 is 1. The Labute approximate surface area is 113 Å². The van der Waals surface area contributed by atoms with Gasteiger partial charge in [0.2, 0.25) is 0 Å². The summed E-state index contributed by atoms with van der Waals surface area (Å²) in [6, 6.07) is 7.24. The third kappa shape index (κ3) is 4.84. The van der Waals surface area contributed by atoms with E-state index in [1.165, 1.54) is 13.2 Å². The summed E-state index contributed by atoms with van der Waals surface area (Å²) in [6.07, 6.45) is 5.09. The summed E-state index contributed by atoms with van der Waals surface area (Å²) >= 11 is 0. The maximum atomic E-state index is 11.8. The Hall–Kier alpha value is -2.29. The Morgan fingerprint density at radius 1 is 1.26 bits per heavy atom. The van der Waals surface area contributed by atoms with Crippen molar-refractivity contribution < 1.29 is 14.3 Å². The summed E-state index contributed by atoms with van der Waals surface area (Å²) in [5.41, 5.74) is 1.34. The van der Waals surface area contributed by atoms with Gasteiger partial charge in [0.25, 0.3) is 0 Å². The van der Waals surface area contributed by atoms with Gasteiger partial charge in [0, 0.05) is 0 Å². The van der Waals surface area contributed by atoms with Gasteiger partial charge in [0.15, 0.2) is 0 Å². The molecular formula is C16H18O3. The monoisotopic (exact) mass is 258 g/mol. The zero-order chi connectivity index (χ0) is 14.3. The van der Waals surface area contributed by atoms with E-state index in [2.05, 4.69) is 6.58 Å². The van der Waals surface area contributed by atoms with Crippen LogP contribution in [0.5, 0.6) is 5.75 Å². The van der Waals surface area contributed by atoms with Gasteiger partial charge in [-0.05, 0) is 38.1 Å². The van der Waals surface area contributed by atoms with Crippen LogP contribution >= 0.6 is 0 Å². The van der Waals surface area contributed by atoms with Crippen LogP contribution in [0.2, 0.25) is 0 Å². The quantitative estimate of drug-likeness (QED) is 0.266. The van der Waals surface area contributed by atoms with Crippen molar-refractivity contribution in [1.82, 2.24) is 0 Å². The molecule has 0 fully saturated rings. The molecule has 1 rings (SSSR count). The van der Waals surface area contributed by atoms with Crippen molar-refractivity contribution >= 4 is 5.97 Å². The third-order valence-corrected chi connectivity index (χ3v) is 2.38. The first-order chi connectivity index (χ1) is 9.06. The number of ether oxygens (including phenoxy) is 2. The summed E-state index contributed by atoms with van der Waals surface area (Å²) in [5.74, 6) is 0.548. The molecule has 0 heterocycles. The van der Waals surface area contributed by atoms with Gasteiger partial charge in [0.1, 0.15) is 11.5 Å². The third-order valence-electron chi connectivity index (χ3n) is 2.38. The summed E-state index contributed by atoms with van der Waals surface area (Å²) in [6.45, 7) is 7.50. The molecule has 100 valence electrons. The molecule has 0 aromatic heterocycles. The number of carbonyl (C=O) groups excluding carboxylic acids is 1. The van der Waals surface area contributed by atoms with Gasteiger partial charge in [-0.2, -0.15) is 0 Å². The summed E-state index contributed by atoms with van der Waals surface area (Å²) in [7, 11) is 1.53. The zero-order valence-electron chi connectivity index (χ0n) is 11.5. The van der Waals surface area contributed by atoms with Crippen LogP contribution in [0, 0.1) is 6.92 Å². The van der Waals surface area contributed by atoms with Crippen LogP contribution in [0.15, 0.2) is 60.4 Å². The molecule has 0 unspecified atom stereocenters. The van der Waals surface area contributed by atoms with Crippen LogP contribution in [-0.4, -0.2) is 13.1 Å². The standard InChI is InChI=1S/C16H18O3/c1-5-6-15(18-4)11-13(3)16(17)19-14-9-7-12(2)8-10-14/h5-11H,3H2,1-2,4H3/b6-5-,15-11+. The molecule has 0 amide bonds. The van der Waals surface area contributed by atoms with Crippen molar-refractivity contribution in [3.8, 4) is 5.75 Å². The second kappa shape index (κ2) is 7.21. The number of hydrogen-bond acceptors (Lipinski definition) is 3. The number of allylic oxidation sites excluding steroid dienone is 2. The lowest BCUT2D eigenvalue weighted by Gasteiger charge is -2.05. The number of benzene rings is 1. The lowest BCUT2D eigenvalue weighted by molar-refractivity contribution is -0.129. The lowest BCUT2D eigenvalue weighted by Crippen LogP contribution is -2.09. The Balaban J connectivity index is 2.72. The molecule has 0 bridgehead atoms. The largest absolute Gasteiger partial charge is 0.497 e. The lowest BCUT2D eigenvalue weighted by atomic mass is 10.2. The average Bonchev–Trinajstić information content (AvgIpc) is 2.40. The highest BCUT2D eigenvalue weighted by atomic mass is 16.5. The molecule has 1 aromatic carbocycles. The van der Waals surface area contributed by atoms with E-state index in [-0.39, 0.29) is 5.57 Å². The highest BCUT2D eigenvalue weighted by Crippen LogP contribution is 2.14. The summed E-state index contributed by atoms with van der Waals surface area (Å²) < 4.78 is 10.3. The van der Waals surface area contributed by atoms with Crippen LogP contribution in [0.3, 0.4) is 0 Å². The molecule has 3 heteroatoms. The first-order valence-corrected chi connectivity index (χ1v) is 5.93. The van der Waals surface area contributed by atoms with Crippen LogP contribution in [-0.2, 0) is 9.53 Å². The highest BCUT2D eigenvalue weighted by molar-refractivity contribution is 5.92. The van der Waals surface area contributed by atoms with E-state index in [9.17, 15) is 4.79 Å². The van der Waals surface area contributed by atoms with E-state index in [0.29, 0.717) is 11.5 Å². The van der Waals surface area contributed by atoms with Gasteiger partial charge < -0.3 is 9.47 Å². The molecule has 0 saturated carbocycles. The second-order valence-corrected chi connectivity index (χ2v) is 3.98. The molecule has 0 aliphatic heterocycles. The fourth-order valence-electron chi connectivity index (χ4n) is 1.35. The van der Waals surface area contributed by atoms with E-state index in [0.717, 1.165) is 5.56 Å². The average molecular weight is 258 g/mol. The molecule has 0 atom stereocenters.